The molecule has 1 atom stereocenters. The molecule has 132 valence electrons. The lowest BCUT2D eigenvalue weighted by Gasteiger charge is -2.33. The number of aromatic nitrogens is 2. The minimum absolute atomic E-state index is 0.0279. The third-order valence-electron chi connectivity index (χ3n) is 4.89. The lowest BCUT2D eigenvalue weighted by Crippen LogP contribution is -2.35. The van der Waals surface area contributed by atoms with E-state index in [1.807, 2.05) is 29.2 Å². The van der Waals surface area contributed by atoms with Crippen LogP contribution in [0.15, 0.2) is 42.5 Å². The Balaban J connectivity index is 1.64. The molecule has 0 aliphatic carbocycles. The second-order valence-corrected chi connectivity index (χ2v) is 6.55. The molecular formula is C19H18N4O3. The molecule has 7 heteroatoms. The van der Waals surface area contributed by atoms with E-state index in [9.17, 15) is 14.9 Å². The summed E-state index contributed by atoms with van der Waals surface area (Å²) in [6.45, 7) is 1.40. The zero-order valence-electron chi connectivity index (χ0n) is 14.1. The molecule has 0 saturated carbocycles. The normalized spacial score (nSPS) is 17.4. The number of aromatic amines is 1. The maximum atomic E-state index is 11.4. The molecule has 1 N–H and O–H groups in total. The van der Waals surface area contributed by atoms with Gasteiger partial charge in [-0.05, 0) is 37.1 Å². The fraction of sp³-hybridized carbons (Fsp3) is 0.263. The SMILES string of the molecule is O=Cc1ccc(N2CCCC(c3nc4ccccc4[nH]3)C2)c([N+](=O)[O-])c1. The topological polar surface area (TPSA) is 92.1 Å². The number of fused-ring (bicyclic) bond motifs is 1. The van der Waals surface area contributed by atoms with E-state index in [2.05, 4.69) is 9.97 Å². The van der Waals surface area contributed by atoms with E-state index in [0.29, 0.717) is 24.1 Å². The number of aldehydes is 1. The van der Waals surface area contributed by atoms with Crippen LogP contribution in [0.3, 0.4) is 0 Å². The first-order chi connectivity index (χ1) is 12.7. The van der Waals surface area contributed by atoms with E-state index >= 15 is 0 Å². The number of nitrogens with zero attached hydrogens (tertiary/aromatic N) is 3. The fourth-order valence-electron chi connectivity index (χ4n) is 3.61. The van der Waals surface area contributed by atoms with Gasteiger partial charge in [-0.2, -0.15) is 0 Å². The molecule has 2 aromatic carbocycles. The van der Waals surface area contributed by atoms with E-state index in [1.165, 1.54) is 6.07 Å². The van der Waals surface area contributed by atoms with Gasteiger partial charge in [-0.25, -0.2) is 4.98 Å². The highest BCUT2D eigenvalue weighted by molar-refractivity contribution is 5.80. The van der Waals surface area contributed by atoms with Crippen molar-refractivity contribution in [2.24, 2.45) is 0 Å². The minimum Gasteiger partial charge on any atom is -0.365 e. The van der Waals surface area contributed by atoms with E-state index in [1.54, 1.807) is 12.1 Å². The summed E-state index contributed by atoms with van der Waals surface area (Å²) >= 11 is 0. The lowest BCUT2D eigenvalue weighted by atomic mass is 9.96. The van der Waals surface area contributed by atoms with Crippen molar-refractivity contribution in [1.82, 2.24) is 9.97 Å². The van der Waals surface area contributed by atoms with Gasteiger partial charge in [0, 0.05) is 30.6 Å². The highest BCUT2D eigenvalue weighted by Crippen LogP contribution is 2.34. The average molecular weight is 350 g/mol. The summed E-state index contributed by atoms with van der Waals surface area (Å²) in [4.78, 5) is 32.0. The number of H-pyrrole nitrogens is 1. The van der Waals surface area contributed by atoms with Gasteiger partial charge in [-0.3, -0.25) is 14.9 Å². The van der Waals surface area contributed by atoms with Crippen molar-refractivity contribution in [3.8, 4) is 0 Å². The van der Waals surface area contributed by atoms with Gasteiger partial charge in [0.25, 0.3) is 5.69 Å². The number of nitro benzene ring substituents is 1. The molecule has 0 radical (unpaired) electrons. The third kappa shape index (κ3) is 2.92. The molecule has 26 heavy (non-hydrogen) atoms. The Labute approximate surface area is 149 Å². The van der Waals surface area contributed by atoms with Crippen LogP contribution in [-0.2, 0) is 0 Å². The fourth-order valence-corrected chi connectivity index (χ4v) is 3.61. The molecule has 2 heterocycles. The van der Waals surface area contributed by atoms with Crippen molar-refractivity contribution in [3.63, 3.8) is 0 Å². The van der Waals surface area contributed by atoms with Crippen molar-refractivity contribution in [2.75, 3.05) is 18.0 Å². The third-order valence-corrected chi connectivity index (χ3v) is 4.89. The van der Waals surface area contributed by atoms with Crippen LogP contribution in [0.4, 0.5) is 11.4 Å². The van der Waals surface area contributed by atoms with E-state index < -0.39 is 4.92 Å². The van der Waals surface area contributed by atoms with Gasteiger partial charge in [-0.15, -0.1) is 0 Å². The maximum Gasteiger partial charge on any atom is 0.293 e. The Bertz CT molecular complexity index is 949. The number of hydrogen-bond donors (Lipinski definition) is 1. The number of hydrogen-bond acceptors (Lipinski definition) is 5. The number of benzene rings is 2. The lowest BCUT2D eigenvalue weighted by molar-refractivity contribution is -0.384. The van der Waals surface area contributed by atoms with Crippen LogP contribution in [0.25, 0.3) is 11.0 Å². The van der Waals surface area contributed by atoms with Crippen molar-refractivity contribution in [1.29, 1.82) is 0 Å². The number of anilines is 1. The predicted molar refractivity (Wildman–Crippen MR) is 98.8 cm³/mol. The van der Waals surface area contributed by atoms with Crippen LogP contribution in [0, 0.1) is 10.1 Å². The van der Waals surface area contributed by atoms with Gasteiger partial charge in [0.2, 0.25) is 0 Å². The van der Waals surface area contributed by atoms with Gasteiger partial charge in [0.1, 0.15) is 17.8 Å². The van der Waals surface area contributed by atoms with Crippen molar-refractivity contribution in [2.45, 2.75) is 18.8 Å². The molecule has 0 bridgehead atoms. The molecule has 1 aliphatic heterocycles. The van der Waals surface area contributed by atoms with Crippen LogP contribution in [0.5, 0.6) is 0 Å². The Hall–Kier alpha value is -3.22. The number of carbonyl (C=O) groups excluding carboxylic acids is 1. The summed E-state index contributed by atoms with van der Waals surface area (Å²) in [5, 5.41) is 11.4. The molecule has 7 nitrogen and oxygen atoms in total. The van der Waals surface area contributed by atoms with Gasteiger partial charge < -0.3 is 9.88 Å². The Morgan fingerprint density at radius 3 is 2.88 bits per heavy atom. The number of imidazole rings is 1. The summed E-state index contributed by atoms with van der Waals surface area (Å²) in [6.07, 6.45) is 2.54. The van der Waals surface area contributed by atoms with Crippen LogP contribution >= 0.6 is 0 Å². The standard InChI is InChI=1S/C19H18N4O3/c24-12-13-7-8-17(18(10-13)23(25)26)22-9-3-4-14(11-22)19-20-15-5-1-2-6-16(15)21-19/h1-2,5-8,10,12,14H,3-4,9,11H2,(H,20,21). The minimum atomic E-state index is -0.423. The van der Waals surface area contributed by atoms with Gasteiger partial charge >= 0.3 is 0 Å². The molecule has 1 fully saturated rings. The Morgan fingerprint density at radius 2 is 2.12 bits per heavy atom. The predicted octanol–water partition coefficient (Wildman–Crippen LogP) is 3.67. The van der Waals surface area contributed by atoms with E-state index in [-0.39, 0.29) is 11.6 Å². The second-order valence-electron chi connectivity index (χ2n) is 6.55. The van der Waals surface area contributed by atoms with Crippen molar-refractivity contribution < 1.29 is 9.72 Å². The molecule has 0 spiro atoms. The summed E-state index contributed by atoms with van der Waals surface area (Å²) in [5.41, 5.74) is 2.77. The summed E-state index contributed by atoms with van der Waals surface area (Å²) in [5.74, 6) is 1.10. The molecule has 1 aliphatic rings. The van der Waals surface area contributed by atoms with E-state index in [4.69, 9.17) is 0 Å². The van der Waals surface area contributed by atoms with Gasteiger partial charge in [-0.1, -0.05) is 12.1 Å². The molecule has 0 amide bonds. The highest BCUT2D eigenvalue weighted by Gasteiger charge is 2.28. The van der Waals surface area contributed by atoms with Crippen molar-refractivity contribution >= 4 is 28.7 Å². The number of nitrogens with one attached hydrogen (secondary N) is 1. The Morgan fingerprint density at radius 1 is 1.27 bits per heavy atom. The molecular weight excluding hydrogens is 332 g/mol. The average Bonchev–Trinajstić information content (AvgIpc) is 3.12. The molecule has 1 aromatic heterocycles. The zero-order chi connectivity index (χ0) is 18.1. The number of para-hydroxylation sites is 2. The summed E-state index contributed by atoms with van der Waals surface area (Å²) < 4.78 is 0. The molecule has 1 saturated heterocycles. The maximum absolute atomic E-state index is 11.4. The van der Waals surface area contributed by atoms with Crippen molar-refractivity contribution in [3.05, 3.63) is 64.0 Å². The first-order valence-corrected chi connectivity index (χ1v) is 8.59. The smallest absolute Gasteiger partial charge is 0.293 e. The first-order valence-electron chi connectivity index (χ1n) is 8.59. The number of rotatable bonds is 4. The van der Waals surface area contributed by atoms with Gasteiger partial charge in [0.05, 0.1) is 16.0 Å². The summed E-state index contributed by atoms with van der Waals surface area (Å²) in [7, 11) is 0. The Kier molecular flexibility index (Phi) is 4.12. The van der Waals surface area contributed by atoms with Gasteiger partial charge in [0.15, 0.2) is 0 Å². The van der Waals surface area contributed by atoms with Crippen LogP contribution < -0.4 is 4.90 Å². The second kappa shape index (κ2) is 6.59. The first kappa shape index (κ1) is 16.3. The molecule has 3 aromatic rings. The van der Waals surface area contributed by atoms with Crippen LogP contribution in [0.1, 0.15) is 34.9 Å². The van der Waals surface area contributed by atoms with Crippen LogP contribution in [-0.4, -0.2) is 34.3 Å². The highest BCUT2D eigenvalue weighted by atomic mass is 16.6. The number of piperidine rings is 1. The monoisotopic (exact) mass is 350 g/mol. The number of carbonyl (C=O) groups is 1. The largest absolute Gasteiger partial charge is 0.365 e. The zero-order valence-corrected chi connectivity index (χ0v) is 14.1. The van der Waals surface area contributed by atoms with E-state index in [0.717, 1.165) is 36.2 Å². The number of nitro groups is 1. The van der Waals surface area contributed by atoms with Crippen LogP contribution in [0.2, 0.25) is 0 Å². The summed E-state index contributed by atoms with van der Waals surface area (Å²) in [6, 6.07) is 12.5. The quantitative estimate of drug-likeness (QED) is 0.440. The molecule has 4 rings (SSSR count). The molecule has 1 unspecified atom stereocenters.